The number of piperidine rings is 1. The van der Waals surface area contributed by atoms with Gasteiger partial charge in [-0.3, -0.25) is 9.69 Å². The van der Waals surface area contributed by atoms with Gasteiger partial charge in [0.05, 0.1) is 12.0 Å². The van der Waals surface area contributed by atoms with Crippen LogP contribution in [0.2, 0.25) is 0 Å². The van der Waals surface area contributed by atoms with Gasteiger partial charge in [-0.15, -0.1) is 21.5 Å². The van der Waals surface area contributed by atoms with Gasteiger partial charge in [0, 0.05) is 12.2 Å². The molecule has 2 aliphatic heterocycles. The summed E-state index contributed by atoms with van der Waals surface area (Å²) in [5.74, 6) is 0.145. The number of rotatable bonds is 2. The number of aryl methyl sites for hydroxylation is 1. The van der Waals surface area contributed by atoms with Gasteiger partial charge in [0.1, 0.15) is 10.0 Å². The highest BCUT2D eigenvalue weighted by atomic mass is 32.1. The summed E-state index contributed by atoms with van der Waals surface area (Å²) < 4.78 is 0. The van der Waals surface area contributed by atoms with Crippen molar-refractivity contribution in [2.24, 2.45) is 0 Å². The third-order valence-corrected chi connectivity index (χ3v) is 5.45. The SMILES string of the molecule is Cc1nnc(CN2CCC[C@]3(C2)C(=O)Nc2ccccc23)s1. The molecule has 0 saturated carbocycles. The van der Waals surface area contributed by atoms with Crippen molar-refractivity contribution in [3.05, 3.63) is 39.8 Å². The fourth-order valence-electron chi connectivity index (χ4n) is 3.65. The molecule has 2 aliphatic rings. The first-order chi connectivity index (χ1) is 10.7. The maximum atomic E-state index is 12.6. The van der Waals surface area contributed by atoms with Gasteiger partial charge in [-0.1, -0.05) is 18.2 Å². The van der Waals surface area contributed by atoms with Crippen LogP contribution < -0.4 is 5.32 Å². The summed E-state index contributed by atoms with van der Waals surface area (Å²) in [5.41, 5.74) is 1.73. The number of fused-ring (bicyclic) bond motifs is 2. The van der Waals surface area contributed by atoms with Crippen molar-refractivity contribution < 1.29 is 4.79 Å². The Morgan fingerprint density at radius 1 is 1.36 bits per heavy atom. The normalized spacial score (nSPS) is 24.5. The molecule has 2 aromatic rings. The van der Waals surface area contributed by atoms with E-state index in [1.165, 1.54) is 0 Å². The average molecular weight is 314 g/mol. The molecule has 3 heterocycles. The number of likely N-dealkylation sites (tertiary alicyclic amines) is 1. The van der Waals surface area contributed by atoms with Crippen LogP contribution in [0.25, 0.3) is 0 Å². The third kappa shape index (κ3) is 2.14. The van der Waals surface area contributed by atoms with Crippen molar-refractivity contribution in [3.63, 3.8) is 0 Å². The van der Waals surface area contributed by atoms with Crippen molar-refractivity contribution in [2.45, 2.75) is 31.7 Å². The van der Waals surface area contributed by atoms with E-state index in [0.29, 0.717) is 0 Å². The lowest BCUT2D eigenvalue weighted by Crippen LogP contribution is -2.49. The quantitative estimate of drug-likeness (QED) is 0.924. The van der Waals surface area contributed by atoms with Crippen molar-refractivity contribution >= 4 is 22.9 Å². The Balaban J connectivity index is 1.61. The fourth-order valence-corrected chi connectivity index (χ4v) is 4.40. The Labute approximate surface area is 133 Å². The molecule has 114 valence electrons. The van der Waals surface area contributed by atoms with Gasteiger partial charge in [0.15, 0.2) is 0 Å². The van der Waals surface area contributed by atoms with Crippen molar-refractivity contribution in [1.82, 2.24) is 15.1 Å². The number of hydrogen-bond donors (Lipinski definition) is 1. The van der Waals surface area contributed by atoms with Crippen LogP contribution >= 0.6 is 11.3 Å². The maximum absolute atomic E-state index is 12.6. The van der Waals surface area contributed by atoms with Gasteiger partial charge in [0.25, 0.3) is 0 Å². The number of amides is 1. The van der Waals surface area contributed by atoms with Gasteiger partial charge < -0.3 is 5.32 Å². The molecule has 22 heavy (non-hydrogen) atoms. The number of carbonyl (C=O) groups is 1. The summed E-state index contributed by atoms with van der Waals surface area (Å²) in [6, 6.07) is 8.08. The molecule has 1 atom stereocenters. The largest absolute Gasteiger partial charge is 0.325 e. The van der Waals surface area contributed by atoms with E-state index in [0.717, 1.165) is 53.7 Å². The standard InChI is InChI=1S/C16H18N4OS/c1-11-18-19-14(22-11)9-20-8-4-7-16(10-20)12-5-2-3-6-13(12)17-15(16)21/h2-3,5-6H,4,7-10H2,1H3,(H,17,21)/t16-/m1/s1. The van der Waals surface area contributed by atoms with Crippen molar-refractivity contribution in [1.29, 1.82) is 0 Å². The fraction of sp³-hybridized carbons (Fsp3) is 0.438. The molecule has 1 amide bonds. The lowest BCUT2D eigenvalue weighted by atomic mass is 9.75. The van der Waals surface area contributed by atoms with Crippen LogP contribution in [-0.2, 0) is 16.8 Å². The first kappa shape index (κ1) is 13.8. The number of anilines is 1. The van der Waals surface area contributed by atoms with E-state index >= 15 is 0 Å². The van der Waals surface area contributed by atoms with Crippen LogP contribution in [0.15, 0.2) is 24.3 Å². The topological polar surface area (TPSA) is 58.1 Å². The van der Waals surface area contributed by atoms with Crippen LogP contribution in [0, 0.1) is 6.92 Å². The van der Waals surface area contributed by atoms with Crippen LogP contribution in [0.5, 0.6) is 0 Å². The number of nitrogens with zero attached hydrogens (tertiary/aromatic N) is 3. The van der Waals surface area contributed by atoms with Gasteiger partial charge in [0.2, 0.25) is 5.91 Å². The molecule has 1 spiro atoms. The Kier molecular flexibility index (Phi) is 3.23. The number of para-hydroxylation sites is 1. The van der Waals surface area contributed by atoms with Crippen molar-refractivity contribution in [3.8, 4) is 0 Å². The minimum absolute atomic E-state index is 0.145. The lowest BCUT2D eigenvalue weighted by Gasteiger charge is -2.38. The van der Waals surface area contributed by atoms with Gasteiger partial charge in [-0.2, -0.15) is 0 Å². The van der Waals surface area contributed by atoms with E-state index < -0.39 is 5.41 Å². The summed E-state index contributed by atoms with van der Waals surface area (Å²) in [6.45, 7) is 4.52. The third-order valence-electron chi connectivity index (χ3n) is 4.62. The molecule has 0 bridgehead atoms. The summed E-state index contributed by atoms with van der Waals surface area (Å²) in [5, 5.41) is 13.4. The highest BCUT2D eigenvalue weighted by molar-refractivity contribution is 7.11. The van der Waals surface area contributed by atoms with E-state index in [4.69, 9.17) is 0 Å². The highest BCUT2D eigenvalue weighted by Crippen LogP contribution is 2.43. The van der Waals surface area contributed by atoms with E-state index in [2.05, 4.69) is 26.5 Å². The molecule has 5 nitrogen and oxygen atoms in total. The molecular weight excluding hydrogens is 296 g/mol. The van der Waals surface area contributed by atoms with E-state index in [1.807, 2.05) is 25.1 Å². The Hall–Kier alpha value is -1.79. The second-order valence-electron chi connectivity index (χ2n) is 6.11. The van der Waals surface area contributed by atoms with Crippen LogP contribution in [0.4, 0.5) is 5.69 Å². The summed E-state index contributed by atoms with van der Waals surface area (Å²) >= 11 is 1.63. The van der Waals surface area contributed by atoms with Gasteiger partial charge in [-0.25, -0.2) is 0 Å². The smallest absolute Gasteiger partial charge is 0.236 e. The summed E-state index contributed by atoms with van der Waals surface area (Å²) in [7, 11) is 0. The number of aromatic nitrogens is 2. The van der Waals surface area contributed by atoms with E-state index in [1.54, 1.807) is 11.3 Å². The van der Waals surface area contributed by atoms with E-state index in [9.17, 15) is 4.79 Å². The second-order valence-corrected chi connectivity index (χ2v) is 7.38. The van der Waals surface area contributed by atoms with Crippen molar-refractivity contribution in [2.75, 3.05) is 18.4 Å². The molecule has 0 aliphatic carbocycles. The molecule has 1 aromatic heterocycles. The molecule has 1 saturated heterocycles. The van der Waals surface area contributed by atoms with Crippen LogP contribution in [0.3, 0.4) is 0 Å². The Morgan fingerprint density at radius 3 is 3.05 bits per heavy atom. The average Bonchev–Trinajstić information content (AvgIpc) is 3.03. The van der Waals surface area contributed by atoms with Gasteiger partial charge >= 0.3 is 0 Å². The molecular formula is C16H18N4OS. The van der Waals surface area contributed by atoms with Crippen LogP contribution in [0.1, 0.15) is 28.4 Å². The molecule has 4 rings (SSSR count). The van der Waals surface area contributed by atoms with Crippen LogP contribution in [-0.4, -0.2) is 34.1 Å². The molecule has 1 fully saturated rings. The number of carbonyl (C=O) groups excluding carboxylic acids is 1. The Morgan fingerprint density at radius 2 is 2.23 bits per heavy atom. The summed E-state index contributed by atoms with van der Waals surface area (Å²) in [6.07, 6.45) is 1.95. The first-order valence-electron chi connectivity index (χ1n) is 7.60. The Bertz CT molecular complexity index is 728. The molecule has 0 unspecified atom stereocenters. The second kappa shape index (κ2) is 5.14. The minimum Gasteiger partial charge on any atom is -0.325 e. The predicted octanol–water partition coefficient (Wildman–Crippen LogP) is 2.33. The van der Waals surface area contributed by atoms with E-state index in [-0.39, 0.29) is 5.91 Å². The summed E-state index contributed by atoms with van der Waals surface area (Å²) in [4.78, 5) is 15.0. The number of nitrogens with one attached hydrogen (secondary N) is 1. The minimum atomic E-state index is -0.394. The molecule has 0 radical (unpaired) electrons. The lowest BCUT2D eigenvalue weighted by molar-refractivity contribution is -0.122. The number of hydrogen-bond acceptors (Lipinski definition) is 5. The molecule has 1 aromatic carbocycles. The molecule has 6 heteroatoms. The molecule has 1 N–H and O–H groups in total. The zero-order valence-corrected chi connectivity index (χ0v) is 13.3. The zero-order valence-electron chi connectivity index (χ0n) is 12.5. The number of benzene rings is 1. The predicted molar refractivity (Wildman–Crippen MR) is 85.9 cm³/mol. The maximum Gasteiger partial charge on any atom is 0.236 e. The highest BCUT2D eigenvalue weighted by Gasteiger charge is 2.48. The monoisotopic (exact) mass is 314 g/mol. The zero-order chi connectivity index (χ0) is 15.2. The first-order valence-corrected chi connectivity index (χ1v) is 8.41. The van der Waals surface area contributed by atoms with Gasteiger partial charge in [-0.05, 0) is 37.9 Å².